The molecule has 1 aliphatic rings. The summed E-state index contributed by atoms with van der Waals surface area (Å²) in [4.78, 5) is 0. The molecule has 1 aliphatic heterocycles. The van der Waals surface area contributed by atoms with Gasteiger partial charge in [-0.25, -0.2) is 0 Å². The minimum atomic E-state index is -0.126. The predicted octanol–water partition coefficient (Wildman–Crippen LogP) is 4.86. The molecule has 0 radical (unpaired) electrons. The van der Waals surface area contributed by atoms with E-state index >= 15 is 0 Å². The highest BCUT2D eigenvalue weighted by atomic mass is 35.5. The lowest BCUT2D eigenvalue weighted by atomic mass is 9.84. The van der Waals surface area contributed by atoms with Gasteiger partial charge in [-0.05, 0) is 57.2 Å². The van der Waals surface area contributed by atoms with E-state index in [1.54, 1.807) is 0 Å². The second-order valence-electron chi connectivity index (χ2n) is 6.04. The molecule has 2 unspecified atom stereocenters. The maximum Gasteiger partial charge on any atom is 0.0810 e. The first-order chi connectivity index (χ1) is 10.1. The Morgan fingerprint density at radius 3 is 2.81 bits per heavy atom. The summed E-state index contributed by atoms with van der Waals surface area (Å²) in [5.74, 6) is 0. The molecule has 0 aromatic heterocycles. The summed E-state index contributed by atoms with van der Waals surface area (Å²) in [6.07, 6.45) is 5.43. The number of hydrogen-bond donors (Lipinski definition) is 1. The number of ether oxygens (including phenoxy) is 1. The average molecular weight is 330 g/mol. The molecule has 4 heteroatoms. The van der Waals surface area contributed by atoms with E-state index in [9.17, 15) is 0 Å². The molecule has 1 N–H and O–H groups in total. The van der Waals surface area contributed by atoms with Crippen molar-refractivity contribution in [2.24, 2.45) is 0 Å². The van der Waals surface area contributed by atoms with Crippen LogP contribution in [-0.2, 0) is 11.2 Å². The Labute approximate surface area is 138 Å². The third-order valence-electron chi connectivity index (χ3n) is 4.33. The molecular formula is C17H25Cl2NO. The van der Waals surface area contributed by atoms with Crippen molar-refractivity contribution in [2.45, 2.75) is 57.6 Å². The fourth-order valence-electron chi connectivity index (χ4n) is 2.98. The van der Waals surface area contributed by atoms with Crippen molar-refractivity contribution in [3.05, 3.63) is 33.8 Å². The van der Waals surface area contributed by atoms with Gasteiger partial charge in [0.1, 0.15) is 0 Å². The summed E-state index contributed by atoms with van der Waals surface area (Å²) in [5.41, 5.74) is 0.965. The molecule has 2 nitrogen and oxygen atoms in total. The first kappa shape index (κ1) is 17.1. The highest BCUT2D eigenvalue weighted by Gasteiger charge is 2.36. The van der Waals surface area contributed by atoms with Crippen LogP contribution in [0, 0.1) is 0 Å². The Morgan fingerprint density at radius 2 is 2.14 bits per heavy atom. The summed E-state index contributed by atoms with van der Waals surface area (Å²) in [7, 11) is 0. The molecule has 2 atom stereocenters. The van der Waals surface area contributed by atoms with E-state index < -0.39 is 0 Å². The number of halogens is 2. The van der Waals surface area contributed by atoms with Gasteiger partial charge >= 0.3 is 0 Å². The van der Waals surface area contributed by atoms with Crippen molar-refractivity contribution in [3.8, 4) is 0 Å². The largest absolute Gasteiger partial charge is 0.374 e. The minimum absolute atomic E-state index is 0.126. The van der Waals surface area contributed by atoms with Crippen LogP contribution in [0.3, 0.4) is 0 Å². The van der Waals surface area contributed by atoms with Gasteiger partial charge in [-0.15, -0.1) is 0 Å². The molecule has 0 bridgehead atoms. The Kier molecular flexibility index (Phi) is 6.36. The summed E-state index contributed by atoms with van der Waals surface area (Å²) < 4.78 is 6.13. The van der Waals surface area contributed by atoms with E-state index in [2.05, 4.69) is 25.2 Å². The number of benzene rings is 1. The van der Waals surface area contributed by atoms with Gasteiger partial charge in [0, 0.05) is 12.6 Å². The minimum Gasteiger partial charge on any atom is -0.374 e. The fourth-order valence-corrected chi connectivity index (χ4v) is 3.38. The van der Waals surface area contributed by atoms with E-state index in [1.807, 2.05) is 12.1 Å². The van der Waals surface area contributed by atoms with Crippen LogP contribution in [0.4, 0.5) is 0 Å². The number of hydrogen-bond acceptors (Lipinski definition) is 2. The van der Waals surface area contributed by atoms with Crippen LogP contribution in [0.15, 0.2) is 18.2 Å². The van der Waals surface area contributed by atoms with Gasteiger partial charge in [-0.2, -0.15) is 0 Å². The molecule has 118 valence electrons. The Morgan fingerprint density at radius 1 is 1.33 bits per heavy atom. The van der Waals surface area contributed by atoms with Crippen LogP contribution < -0.4 is 5.32 Å². The lowest BCUT2D eigenvalue weighted by molar-refractivity contribution is -0.0883. The van der Waals surface area contributed by atoms with Crippen LogP contribution in [0.5, 0.6) is 0 Å². The average Bonchev–Trinajstić information content (AvgIpc) is 2.48. The van der Waals surface area contributed by atoms with E-state index in [0.29, 0.717) is 10.0 Å². The van der Waals surface area contributed by atoms with Gasteiger partial charge in [-0.1, -0.05) is 42.3 Å². The van der Waals surface area contributed by atoms with Gasteiger partial charge in [-0.3, -0.25) is 0 Å². The molecule has 21 heavy (non-hydrogen) atoms. The van der Waals surface area contributed by atoms with Crippen LogP contribution in [-0.4, -0.2) is 24.8 Å². The Hall–Kier alpha value is -0.280. The summed E-state index contributed by atoms with van der Waals surface area (Å²) in [6.45, 7) is 6.24. The Balaban J connectivity index is 2.17. The number of rotatable bonds is 6. The summed E-state index contributed by atoms with van der Waals surface area (Å²) >= 11 is 12.5. The third kappa shape index (κ3) is 4.35. The highest BCUT2D eigenvalue weighted by molar-refractivity contribution is 6.42. The van der Waals surface area contributed by atoms with Crippen LogP contribution in [0.1, 0.15) is 45.1 Å². The molecule has 1 aromatic rings. The zero-order chi connectivity index (χ0) is 15.3. The zero-order valence-corrected chi connectivity index (χ0v) is 14.4. The molecule has 2 rings (SSSR count). The molecule has 0 saturated carbocycles. The molecule has 1 saturated heterocycles. The van der Waals surface area contributed by atoms with E-state index in [-0.39, 0.29) is 11.6 Å². The fraction of sp³-hybridized carbons (Fsp3) is 0.647. The molecule has 1 fully saturated rings. The van der Waals surface area contributed by atoms with E-state index in [1.165, 1.54) is 6.42 Å². The smallest absolute Gasteiger partial charge is 0.0810 e. The predicted molar refractivity (Wildman–Crippen MR) is 90.5 cm³/mol. The highest BCUT2D eigenvalue weighted by Crippen LogP contribution is 2.32. The van der Waals surface area contributed by atoms with Crippen LogP contribution in [0.2, 0.25) is 10.0 Å². The molecule has 0 aliphatic carbocycles. The van der Waals surface area contributed by atoms with Gasteiger partial charge in [0.25, 0.3) is 0 Å². The van der Waals surface area contributed by atoms with E-state index in [0.717, 1.165) is 44.4 Å². The van der Waals surface area contributed by atoms with E-state index in [4.69, 9.17) is 27.9 Å². The first-order valence-corrected chi connectivity index (χ1v) is 8.62. The molecule has 1 aromatic carbocycles. The monoisotopic (exact) mass is 329 g/mol. The third-order valence-corrected chi connectivity index (χ3v) is 5.19. The van der Waals surface area contributed by atoms with Crippen LogP contribution in [0.25, 0.3) is 0 Å². The molecule has 0 amide bonds. The van der Waals surface area contributed by atoms with Crippen molar-refractivity contribution >= 4 is 23.2 Å². The van der Waals surface area contributed by atoms with Crippen molar-refractivity contribution in [1.82, 2.24) is 5.32 Å². The van der Waals surface area contributed by atoms with Crippen molar-refractivity contribution in [1.29, 1.82) is 0 Å². The maximum atomic E-state index is 6.36. The SMILES string of the molecule is CCCNC(Cc1cccc(Cl)c1Cl)C1(C)CCCCO1. The van der Waals surface area contributed by atoms with Crippen molar-refractivity contribution < 1.29 is 4.74 Å². The molecular weight excluding hydrogens is 305 g/mol. The summed E-state index contributed by atoms with van der Waals surface area (Å²) in [5, 5.41) is 4.94. The van der Waals surface area contributed by atoms with Gasteiger partial charge < -0.3 is 10.1 Å². The zero-order valence-electron chi connectivity index (χ0n) is 12.9. The van der Waals surface area contributed by atoms with Crippen molar-refractivity contribution in [2.75, 3.05) is 13.2 Å². The van der Waals surface area contributed by atoms with Crippen LogP contribution >= 0.6 is 23.2 Å². The van der Waals surface area contributed by atoms with Gasteiger partial charge in [0.2, 0.25) is 0 Å². The number of nitrogens with one attached hydrogen (secondary N) is 1. The lowest BCUT2D eigenvalue weighted by Crippen LogP contribution is -2.53. The standard InChI is InChI=1S/C17H25Cl2NO/c1-3-10-20-15(17(2)9-4-5-11-21-17)12-13-7-6-8-14(18)16(13)19/h6-8,15,20H,3-5,9-12H2,1-2H3. The lowest BCUT2D eigenvalue weighted by Gasteiger charge is -2.41. The second kappa shape index (κ2) is 7.82. The van der Waals surface area contributed by atoms with Crippen molar-refractivity contribution in [3.63, 3.8) is 0 Å². The first-order valence-electron chi connectivity index (χ1n) is 7.87. The summed E-state index contributed by atoms with van der Waals surface area (Å²) in [6, 6.07) is 6.11. The maximum absolute atomic E-state index is 6.36. The molecule has 1 heterocycles. The van der Waals surface area contributed by atoms with Gasteiger partial charge in [0.05, 0.1) is 15.6 Å². The second-order valence-corrected chi connectivity index (χ2v) is 6.83. The quantitative estimate of drug-likeness (QED) is 0.804. The topological polar surface area (TPSA) is 21.3 Å². The molecule has 0 spiro atoms. The van der Waals surface area contributed by atoms with Gasteiger partial charge in [0.15, 0.2) is 0 Å². The normalized spacial score (nSPS) is 24.0. The Bertz CT molecular complexity index is 458.